The summed E-state index contributed by atoms with van der Waals surface area (Å²) >= 11 is 1.30. The average molecular weight is 250 g/mol. The van der Waals surface area contributed by atoms with Gasteiger partial charge in [0, 0.05) is 5.69 Å². The largest absolute Gasteiger partial charge is 0.325 e. The molecule has 0 bridgehead atoms. The summed E-state index contributed by atoms with van der Waals surface area (Å²) in [7, 11) is 0. The van der Waals surface area contributed by atoms with Gasteiger partial charge < -0.3 is 5.32 Å². The minimum atomic E-state index is -0.0643. The maximum atomic E-state index is 11.3. The number of anilines is 1. The van der Waals surface area contributed by atoms with Crippen molar-refractivity contribution < 1.29 is 4.79 Å². The Hall–Kier alpha value is -1.52. The Balaban J connectivity index is 0.000000770. The molecule has 0 aliphatic heterocycles. The molecular formula is C13H18N2OS. The first-order valence-electron chi connectivity index (χ1n) is 5.16. The summed E-state index contributed by atoms with van der Waals surface area (Å²) in [6.45, 7) is 9.03. The molecule has 0 aliphatic rings. The number of allylic oxidation sites excluding steroid dienone is 1. The molecule has 0 spiro atoms. The van der Waals surface area contributed by atoms with E-state index in [0.717, 1.165) is 5.69 Å². The Bertz CT molecular complexity index is 339. The third kappa shape index (κ3) is 9.41. The SMILES string of the molecule is C=CC.C=CSNCC(=O)Nc1ccccc1. The van der Waals surface area contributed by atoms with Crippen LogP contribution in [0.25, 0.3) is 0 Å². The second kappa shape index (κ2) is 11.0. The highest BCUT2D eigenvalue weighted by molar-refractivity contribution is 8.00. The van der Waals surface area contributed by atoms with Crippen molar-refractivity contribution in [1.82, 2.24) is 4.72 Å². The van der Waals surface area contributed by atoms with Gasteiger partial charge in [-0.25, -0.2) is 0 Å². The van der Waals surface area contributed by atoms with Crippen LogP contribution in [0.3, 0.4) is 0 Å². The number of hydrogen-bond donors (Lipinski definition) is 2. The first-order chi connectivity index (χ1) is 8.24. The number of para-hydroxylation sites is 1. The van der Waals surface area contributed by atoms with Crippen LogP contribution >= 0.6 is 11.9 Å². The normalized spacial score (nSPS) is 8.53. The molecule has 0 fully saturated rings. The van der Waals surface area contributed by atoms with Gasteiger partial charge in [0.25, 0.3) is 0 Å². The maximum Gasteiger partial charge on any atom is 0.239 e. The number of benzene rings is 1. The van der Waals surface area contributed by atoms with Gasteiger partial charge >= 0.3 is 0 Å². The van der Waals surface area contributed by atoms with Crippen LogP contribution in [0.5, 0.6) is 0 Å². The van der Waals surface area contributed by atoms with Crippen LogP contribution in [0.15, 0.2) is 55.0 Å². The first-order valence-corrected chi connectivity index (χ1v) is 6.04. The number of carbonyl (C=O) groups is 1. The van der Waals surface area contributed by atoms with Crippen LogP contribution in [0.2, 0.25) is 0 Å². The Morgan fingerprint density at radius 2 is 1.94 bits per heavy atom. The van der Waals surface area contributed by atoms with E-state index in [1.54, 1.807) is 11.5 Å². The molecule has 4 heteroatoms. The van der Waals surface area contributed by atoms with Crippen molar-refractivity contribution in [2.75, 3.05) is 11.9 Å². The Morgan fingerprint density at radius 1 is 1.35 bits per heavy atom. The van der Waals surface area contributed by atoms with Gasteiger partial charge in [0.15, 0.2) is 0 Å². The molecule has 0 unspecified atom stereocenters. The van der Waals surface area contributed by atoms with Crippen LogP contribution in [0, 0.1) is 0 Å². The number of hydrogen-bond acceptors (Lipinski definition) is 3. The third-order valence-electron chi connectivity index (χ3n) is 1.46. The minimum absolute atomic E-state index is 0.0643. The van der Waals surface area contributed by atoms with E-state index in [4.69, 9.17) is 0 Å². The molecule has 0 saturated carbocycles. The lowest BCUT2D eigenvalue weighted by Crippen LogP contribution is -2.23. The van der Waals surface area contributed by atoms with Crippen LogP contribution in [-0.2, 0) is 4.79 Å². The standard InChI is InChI=1S/C10H12N2OS.C3H6/c1-2-14-11-8-10(13)12-9-6-4-3-5-7-9;1-3-2/h2-7,11H,1,8H2,(H,12,13);3H,1H2,2H3. The quantitative estimate of drug-likeness (QED) is 0.479. The average Bonchev–Trinajstić information content (AvgIpc) is 2.31. The number of nitrogens with one attached hydrogen (secondary N) is 2. The number of rotatable bonds is 5. The van der Waals surface area contributed by atoms with Gasteiger partial charge in [-0.3, -0.25) is 9.52 Å². The second-order valence-electron chi connectivity index (χ2n) is 2.93. The molecule has 1 aromatic carbocycles. The van der Waals surface area contributed by atoms with E-state index in [-0.39, 0.29) is 12.5 Å². The van der Waals surface area contributed by atoms with E-state index in [1.807, 2.05) is 37.3 Å². The fourth-order valence-electron chi connectivity index (χ4n) is 0.893. The topological polar surface area (TPSA) is 41.1 Å². The summed E-state index contributed by atoms with van der Waals surface area (Å²) in [5.41, 5.74) is 0.808. The molecule has 2 N–H and O–H groups in total. The molecule has 0 radical (unpaired) electrons. The van der Waals surface area contributed by atoms with Crippen molar-refractivity contribution in [2.24, 2.45) is 0 Å². The van der Waals surface area contributed by atoms with E-state index < -0.39 is 0 Å². The number of amides is 1. The van der Waals surface area contributed by atoms with Gasteiger partial charge in [0.1, 0.15) is 0 Å². The van der Waals surface area contributed by atoms with E-state index in [1.165, 1.54) is 11.9 Å². The molecule has 0 atom stereocenters. The summed E-state index contributed by atoms with van der Waals surface area (Å²) < 4.78 is 2.84. The van der Waals surface area contributed by atoms with Crippen LogP contribution < -0.4 is 10.0 Å². The Morgan fingerprint density at radius 3 is 2.47 bits per heavy atom. The molecule has 0 saturated heterocycles. The van der Waals surface area contributed by atoms with E-state index in [0.29, 0.717) is 0 Å². The molecular weight excluding hydrogens is 232 g/mol. The summed E-state index contributed by atoms with van der Waals surface area (Å²) in [5, 5.41) is 4.39. The molecule has 0 aromatic heterocycles. The Labute approximate surface area is 107 Å². The van der Waals surface area contributed by atoms with Gasteiger partial charge in [0.2, 0.25) is 5.91 Å². The smallest absolute Gasteiger partial charge is 0.239 e. The van der Waals surface area contributed by atoms with Gasteiger partial charge in [-0.05, 0) is 24.5 Å². The van der Waals surface area contributed by atoms with Crippen molar-refractivity contribution in [1.29, 1.82) is 0 Å². The monoisotopic (exact) mass is 250 g/mol. The summed E-state index contributed by atoms with van der Waals surface area (Å²) in [6.07, 6.45) is 1.75. The molecule has 92 valence electrons. The van der Waals surface area contributed by atoms with Crippen molar-refractivity contribution in [3.8, 4) is 0 Å². The lowest BCUT2D eigenvalue weighted by Gasteiger charge is -2.04. The zero-order valence-corrected chi connectivity index (χ0v) is 10.8. The fraction of sp³-hybridized carbons (Fsp3) is 0.154. The van der Waals surface area contributed by atoms with Gasteiger partial charge in [0.05, 0.1) is 6.54 Å². The summed E-state index contributed by atoms with van der Waals surface area (Å²) in [6, 6.07) is 9.35. The van der Waals surface area contributed by atoms with E-state index in [9.17, 15) is 4.79 Å². The molecule has 0 heterocycles. The highest BCUT2D eigenvalue weighted by Gasteiger charge is 1.99. The zero-order chi connectivity index (χ0) is 12.9. The molecule has 1 aromatic rings. The van der Waals surface area contributed by atoms with Gasteiger partial charge in [-0.15, -0.1) is 6.58 Å². The molecule has 1 amide bonds. The highest BCUT2D eigenvalue weighted by atomic mass is 32.2. The molecule has 0 aliphatic carbocycles. The van der Waals surface area contributed by atoms with Crippen molar-refractivity contribution in [2.45, 2.75) is 6.92 Å². The van der Waals surface area contributed by atoms with Crippen LogP contribution in [0.1, 0.15) is 6.92 Å². The first kappa shape index (κ1) is 15.5. The fourth-order valence-corrected chi connectivity index (χ4v) is 1.23. The maximum absolute atomic E-state index is 11.3. The molecule has 3 nitrogen and oxygen atoms in total. The molecule has 1 rings (SSSR count). The van der Waals surface area contributed by atoms with Crippen molar-refractivity contribution in [3.63, 3.8) is 0 Å². The predicted octanol–water partition coefficient (Wildman–Crippen LogP) is 3.20. The Kier molecular flexibility index (Phi) is 10.00. The van der Waals surface area contributed by atoms with Crippen LogP contribution in [0.4, 0.5) is 5.69 Å². The van der Waals surface area contributed by atoms with E-state index >= 15 is 0 Å². The van der Waals surface area contributed by atoms with Gasteiger partial charge in [-0.1, -0.05) is 42.8 Å². The highest BCUT2D eigenvalue weighted by Crippen LogP contribution is 2.04. The third-order valence-corrected chi connectivity index (χ3v) is 1.93. The lowest BCUT2D eigenvalue weighted by molar-refractivity contribution is -0.115. The second-order valence-corrected chi connectivity index (χ2v) is 3.79. The van der Waals surface area contributed by atoms with E-state index in [2.05, 4.69) is 23.2 Å². The van der Waals surface area contributed by atoms with Crippen LogP contribution in [-0.4, -0.2) is 12.5 Å². The minimum Gasteiger partial charge on any atom is -0.325 e. The van der Waals surface area contributed by atoms with Crippen molar-refractivity contribution in [3.05, 3.63) is 55.0 Å². The lowest BCUT2D eigenvalue weighted by atomic mass is 10.3. The number of carbonyl (C=O) groups excluding carboxylic acids is 1. The summed E-state index contributed by atoms with van der Waals surface area (Å²) in [4.78, 5) is 11.3. The summed E-state index contributed by atoms with van der Waals surface area (Å²) in [5.74, 6) is -0.0643. The van der Waals surface area contributed by atoms with Gasteiger partial charge in [-0.2, -0.15) is 0 Å². The molecule has 17 heavy (non-hydrogen) atoms. The predicted molar refractivity (Wildman–Crippen MR) is 76.7 cm³/mol. The zero-order valence-electron chi connectivity index (χ0n) is 9.98. The van der Waals surface area contributed by atoms with Crippen molar-refractivity contribution >= 4 is 23.5 Å².